The lowest BCUT2D eigenvalue weighted by atomic mass is 10.1. The molecule has 0 radical (unpaired) electrons. The third-order valence-electron chi connectivity index (χ3n) is 2.02. The molecular formula is C10H9ClF2O2. The van der Waals surface area contributed by atoms with E-state index in [1.807, 2.05) is 0 Å². The number of carboxylic acids is 1. The minimum Gasteiger partial charge on any atom is -0.481 e. The number of carbonyl (C=O) groups is 1. The normalized spacial score (nSPS) is 10.4. The number of carboxylic acid groups (broad SMARTS) is 1. The maximum atomic E-state index is 13.4. The Morgan fingerprint density at radius 3 is 2.60 bits per heavy atom. The molecule has 0 heterocycles. The predicted molar refractivity (Wildman–Crippen MR) is 52.1 cm³/mol. The maximum Gasteiger partial charge on any atom is 0.303 e. The third-order valence-corrected chi connectivity index (χ3v) is 2.29. The first kappa shape index (κ1) is 11.9. The van der Waals surface area contributed by atoms with Gasteiger partial charge in [-0.15, -0.1) is 0 Å². The topological polar surface area (TPSA) is 37.3 Å². The Morgan fingerprint density at radius 2 is 2.07 bits per heavy atom. The van der Waals surface area contributed by atoms with Crippen LogP contribution in [-0.2, 0) is 11.2 Å². The monoisotopic (exact) mass is 234 g/mol. The summed E-state index contributed by atoms with van der Waals surface area (Å²) >= 11 is 5.52. The summed E-state index contributed by atoms with van der Waals surface area (Å²) in [4.78, 5) is 10.3. The number of benzene rings is 1. The highest BCUT2D eigenvalue weighted by Gasteiger charge is 2.16. The van der Waals surface area contributed by atoms with E-state index in [1.165, 1.54) is 13.0 Å². The van der Waals surface area contributed by atoms with Gasteiger partial charge in [-0.3, -0.25) is 4.79 Å². The minimum absolute atomic E-state index is 0.186. The molecule has 0 aliphatic heterocycles. The molecule has 15 heavy (non-hydrogen) atoms. The molecule has 0 atom stereocenters. The quantitative estimate of drug-likeness (QED) is 0.817. The number of hydrogen-bond acceptors (Lipinski definition) is 1. The first-order chi connectivity index (χ1) is 6.93. The van der Waals surface area contributed by atoms with E-state index in [-0.39, 0.29) is 29.0 Å². The van der Waals surface area contributed by atoms with Crippen LogP contribution in [0.5, 0.6) is 0 Å². The average molecular weight is 235 g/mol. The Bertz CT molecular complexity index is 379. The molecular weight excluding hydrogens is 226 g/mol. The van der Waals surface area contributed by atoms with Crippen LogP contribution in [0, 0.1) is 18.6 Å². The van der Waals surface area contributed by atoms with Crippen LogP contribution in [0.3, 0.4) is 0 Å². The zero-order valence-electron chi connectivity index (χ0n) is 7.98. The van der Waals surface area contributed by atoms with Crippen molar-refractivity contribution in [3.8, 4) is 0 Å². The summed E-state index contributed by atoms with van der Waals surface area (Å²) < 4.78 is 26.7. The van der Waals surface area contributed by atoms with Crippen LogP contribution in [0.2, 0.25) is 5.02 Å². The van der Waals surface area contributed by atoms with Crippen molar-refractivity contribution in [2.75, 3.05) is 0 Å². The molecule has 82 valence electrons. The lowest BCUT2D eigenvalue weighted by Crippen LogP contribution is -2.04. The molecule has 1 aromatic rings. The summed E-state index contributed by atoms with van der Waals surface area (Å²) in [6, 6.07) is 1.18. The fourth-order valence-electron chi connectivity index (χ4n) is 1.25. The molecule has 1 N–H and O–H groups in total. The average Bonchev–Trinajstić information content (AvgIpc) is 2.14. The van der Waals surface area contributed by atoms with Crippen LogP contribution in [0.1, 0.15) is 17.5 Å². The van der Waals surface area contributed by atoms with Gasteiger partial charge in [0.15, 0.2) is 0 Å². The Balaban J connectivity index is 3.09. The Labute approximate surface area is 90.5 Å². The van der Waals surface area contributed by atoms with E-state index >= 15 is 0 Å². The standard InChI is InChI=1S/C10H9ClF2O2/c1-5-4-7(11)10(13)6(9(5)12)2-3-8(14)15/h4H,2-3H2,1H3,(H,14,15). The van der Waals surface area contributed by atoms with Gasteiger partial charge in [0.1, 0.15) is 11.6 Å². The number of halogens is 3. The minimum atomic E-state index is -1.11. The first-order valence-electron chi connectivity index (χ1n) is 4.28. The molecule has 0 unspecified atom stereocenters. The van der Waals surface area contributed by atoms with Crippen LogP contribution in [0.15, 0.2) is 6.07 Å². The summed E-state index contributed by atoms with van der Waals surface area (Å²) in [6.07, 6.45) is -0.526. The van der Waals surface area contributed by atoms with Crippen LogP contribution in [-0.4, -0.2) is 11.1 Å². The lowest BCUT2D eigenvalue weighted by Gasteiger charge is -2.07. The molecule has 0 saturated carbocycles. The van der Waals surface area contributed by atoms with E-state index in [1.54, 1.807) is 0 Å². The van der Waals surface area contributed by atoms with E-state index in [4.69, 9.17) is 16.7 Å². The van der Waals surface area contributed by atoms with Crippen molar-refractivity contribution in [1.82, 2.24) is 0 Å². The molecule has 0 aliphatic rings. The van der Waals surface area contributed by atoms with Gasteiger partial charge in [0.05, 0.1) is 5.02 Å². The van der Waals surface area contributed by atoms with Gasteiger partial charge < -0.3 is 5.11 Å². The van der Waals surface area contributed by atoms with Crippen molar-refractivity contribution in [2.24, 2.45) is 0 Å². The highest BCUT2D eigenvalue weighted by Crippen LogP contribution is 2.25. The molecule has 1 aromatic carbocycles. The lowest BCUT2D eigenvalue weighted by molar-refractivity contribution is -0.136. The summed E-state index contributed by atoms with van der Waals surface area (Å²) in [6.45, 7) is 1.45. The zero-order valence-corrected chi connectivity index (χ0v) is 8.74. The van der Waals surface area contributed by atoms with Crippen molar-refractivity contribution in [1.29, 1.82) is 0 Å². The third kappa shape index (κ3) is 2.65. The van der Waals surface area contributed by atoms with Crippen molar-refractivity contribution in [3.05, 3.63) is 33.9 Å². The number of aryl methyl sites for hydroxylation is 1. The summed E-state index contributed by atoms with van der Waals surface area (Å²) in [5.74, 6) is -2.70. The van der Waals surface area contributed by atoms with Crippen molar-refractivity contribution in [2.45, 2.75) is 19.8 Å². The molecule has 0 amide bonds. The SMILES string of the molecule is Cc1cc(Cl)c(F)c(CCC(=O)O)c1F. The molecule has 1 rings (SSSR count). The second kappa shape index (κ2) is 4.57. The van der Waals surface area contributed by atoms with Gasteiger partial charge >= 0.3 is 5.97 Å². The van der Waals surface area contributed by atoms with Gasteiger partial charge in [0.2, 0.25) is 0 Å². The molecule has 0 aliphatic carbocycles. The Kier molecular flexibility index (Phi) is 3.63. The second-order valence-electron chi connectivity index (χ2n) is 3.18. The van der Waals surface area contributed by atoms with E-state index < -0.39 is 17.6 Å². The molecule has 0 fully saturated rings. The number of aliphatic carboxylic acids is 1. The van der Waals surface area contributed by atoms with E-state index in [0.717, 1.165) is 0 Å². The van der Waals surface area contributed by atoms with Crippen molar-refractivity contribution in [3.63, 3.8) is 0 Å². The van der Waals surface area contributed by atoms with Crippen LogP contribution < -0.4 is 0 Å². The summed E-state index contributed by atoms with van der Waals surface area (Å²) in [5.41, 5.74) is -0.0517. The van der Waals surface area contributed by atoms with Crippen LogP contribution in [0.4, 0.5) is 8.78 Å². The van der Waals surface area contributed by atoms with Crippen molar-refractivity contribution < 1.29 is 18.7 Å². The van der Waals surface area contributed by atoms with Crippen molar-refractivity contribution >= 4 is 17.6 Å². The van der Waals surface area contributed by atoms with E-state index in [2.05, 4.69) is 0 Å². The highest BCUT2D eigenvalue weighted by molar-refractivity contribution is 6.30. The van der Waals surface area contributed by atoms with Gasteiger partial charge in [0, 0.05) is 12.0 Å². The molecule has 2 nitrogen and oxygen atoms in total. The number of rotatable bonds is 3. The Hall–Kier alpha value is -1.16. The van der Waals surface area contributed by atoms with E-state index in [9.17, 15) is 13.6 Å². The maximum absolute atomic E-state index is 13.4. The van der Waals surface area contributed by atoms with Crippen LogP contribution >= 0.6 is 11.6 Å². The zero-order chi connectivity index (χ0) is 11.6. The second-order valence-corrected chi connectivity index (χ2v) is 3.58. The summed E-state index contributed by atoms with van der Waals surface area (Å²) in [7, 11) is 0. The molecule has 0 bridgehead atoms. The first-order valence-corrected chi connectivity index (χ1v) is 4.66. The van der Waals surface area contributed by atoms with Gasteiger partial charge in [-0.2, -0.15) is 0 Å². The molecule has 0 aromatic heterocycles. The van der Waals surface area contributed by atoms with E-state index in [0.29, 0.717) is 0 Å². The number of hydrogen-bond donors (Lipinski definition) is 1. The van der Waals surface area contributed by atoms with Gasteiger partial charge in [-0.1, -0.05) is 11.6 Å². The van der Waals surface area contributed by atoms with Gasteiger partial charge in [-0.25, -0.2) is 8.78 Å². The molecule has 0 saturated heterocycles. The highest BCUT2D eigenvalue weighted by atomic mass is 35.5. The summed E-state index contributed by atoms with van der Waals surface area (Å²) in [5, 5.41) is 8.23. The molecule has 5 heteroatoms. The van der Waals surface area contributed by atoms with Crippen LogP contribution in [0.25, 0.3) is 0 Å². The van der Waals surface area contributed by atoms with Gasteiger partial charge in [0.25, 0.3) is 0 Å². The van der Waals surface area contributed by atoms with Gasteiger partial charge in [-0.05, 0) is 25.0 Å². The largest absolute Gasteiger partial charge is 0.481 e. The fraction of sp³-hybridized carbons (Fsp3) is 0.300. The predicted octanol–water partition coefficient (Wildman–Crippen LogP) is 2.94. The molecule has 0 spiro atoms. The fourth-order valence-corrected chi connectivity index (χ4v) is 1.52. The smallest absolute Gasteiger partial charge is 0.303 e. The Morgan fingerprint density at radius 1 is 1.47 bits per heavy atom.